The topological polar surface area (TPSA) is 106 Å². The predicted molar refractivity (Wildman–Crippen MR) is 75.9 cm³/mol. The summed E-state index contributed by atoms with van der Waals surface area (Å²) < 4.78 is 8.11. The Labute approximate surface area is 123 Å². The summed E-state index contributed by atoms with van der Waals surface area (Å²) >= 11 is 3.40. The van der Waals surface area contributed by atoms with E-state index in [4.69, 9.17) is 10.5 Å². The van der Waals surface area contributed by atoms with E-state index in [0.29, 0.717) is 23.3 Å². The molecule has 0 spiro atoms. The first-order chi connectivity index (χ1) is 9.54. The van der Waals surface area contributed by atoms with E-state index in [1.165, 1.54) is 6.33 Å². The summed E-state index contributed by atoms with van der Waals surface area (Å²) in [7, 11) is 0. The lowest BCUT2D eigenvalue weighted by molar-refractivity contribution is -0.0353. The van der Waals surface area contributed by atoms with Crippen LogP contribution in [-0.2, 0) is 4.74 Å². The molecule has 108 valence electrons. The molecular formula is C12H15BrN4O3. The molecule has 3 rings (SSSR count). The van der Waals surface area contributed by atoms with Gasteiger partial charge in [-0.2, -0.15) is 0 Å². The minimum atomic E-state index is -1.02. The van der Waals surface area contributed by atoms with Gasteiger partial charge in [0.2, 0.25) is 0 Å². The van der Waals surface area contributed by atoms with E-state index < -0.39 is 24.5 Å². The van der Waals surface area contributed by atoms with Crippen molar-refractivity contribution in [1.29, 1.82) is 0 Å². The number of aromatic nitrogens is 3. The number of fused-ring (bicyclic) bond motifs is 1. The standard InChI is InChI=1S/C12H15BrN4O3/c1-2-6-8(18)9(19)12(20-6)17-3-5(13)7-10(14)15-4-16-11(7)17/h3-4,6,8-9,12,18-19H,2H2,1H3,(H2,14,15,16). The van der Waals surface area contributed by atoms with Gasteiger partial charge in [0.25, 0.3) is 0 Å². The first-order valence-electron chi connectivity index (χ1n) is 6.32. The van der Waals surface area contributed by atoms with Gasteiger partial charge in [0, 0.05) is 10.7 Å². The van der Waals surface area contributed by atoms with Crippen LogP contribution in [-0.4, -0.2) is 43.1 Å². The van der Waals surface area contributed by atoms with Crippen molar-refractivity contribution in [3.63, 3.8) is 0 Å². The normalized spacial score (nSPS) is 30.2. The van der Waals surface area contributed by atoms with Crippen LogP contribution in [0.15, 0.2) is 17.0 Å². The smallest absolute Gasteiger partial charge is 0.164 e. The maximum atomic E-state index is 10.2. The molecule has 0 bridgehead atoms. The molecule has 8 heteroatoms. The molecule has 1 saturated heterocycles. The van der Waals surface area contributed by atoms with Crippen LogP contribution in [0.25, 0.3) is 11.0 Å². The lowest BCUT2D eigenvalue weighted by atomic mass is 10.1. The third-order valence-electron chi connectivity index (χ3n) is 3.61. The average Bonchev–Trinajstić information content (AvgIpc) is 2.90. The molecule has 1 aliphatic rings. The van der Waals surface area contributed by atoms with E-state index in [9.17, 15) is 10.2 Å². The zero-order valence-electron chi connectivity index (χ0n) is 10.8. The second kappa shape index (κ2) is 4.96. The van der Waals surface area contributed by atoms with Gasteiger partial charge >= 0.3 is 0 Å². The van der Waals surface area contributed by atoms with Gasteiger partial charge in [0.15, 0.2) is 6.23 Å². The van der Waals surface area contributed by atoms with Crippen LogP contribution >= 0.6 is 15.9 Å². The van der Waals surface area contributed by atoms with E-state index in [1.54, 1.807) is 10.8 Å². The molecule has 3 heterocycles. The number of hydrogen-bond donors (Lipinski definition) is 3. The van der Waals surface area contributed by atoms with Crippen LogP contribution in [0.5, 0.6) is 0 Å². The lowest BCUT2D eigenvalue weighted by Crippen LogP contribution is -2.31. The summed E-state index contributed by atoms with van der Waals surface area (Å²) in [5.41, 5.74) is 6.39. The fraction of sp³-hybridized carbons (Fsp3) is 0.500. The molecule has 4 unspecified atom stereocenters. The largest absolute Gasteiger partial charge is 0.388 e. The fourth-order valence-corrected chi connectivity index (χ4v) is 3.15. The van der Waals surface area contributed by atoms with Crippen molar-refractivity contribution in [1.82, 2.24) is 14.5 Å². The molecule has 1 aliphatic heterocycles. The monoisotopic (exact) mass is 342 g/mol. The highest BCUT2D eigenvalue weighted by atomic mass is 79.9. The van der Waals surface area contributed by atoms with Gasteiger partial charge in [-0.3, -0.25) is 0 Å². The Bertz CT molecular complexity index is 647. The number of hydrogen-bond acceptors (Lipinski definition) is 6. The summed E-state index contributed by atoms with van der Waals surface area (Å²) in [6.07, 6.45) is 0.679. The van der Waals surface area contributed by atoms with Gasteiger partial charge in [-0.1, -0.05) is 6.92 Å². The third-order valence-corrected chi connectivity index (χ3v) is 4.21. The Hall–Kier alpha value is -1.22. The molecule has 0 radical (unpaired) electrons. The molecule has 4 atom stereocenters. The van der Waals surface area contributed by atoms with Crippen LogP contribution in [0.4, 0.5) is 5.82 Å². The van der Waals surface area contributed by atoms with Crippen molar-refractivity contribution in [2.75, 3.05) is 5.73 Å². The summed E-state index contributed by atoms with van der Waals surface area (Å²) in [5, 5.41) is 20.8. The zero-order valence-corrected chi connectivity index (χ0v) is 12.4. The molecule has 0 aromatic carbocycles. The number of anilines is 1. The van der Waals surface area contributed by atoms with Crippen molar-refractivity contribution in [3.05, 3.63) is 17.0 Å². The van der Waals surface area contributed by atoms with Crippen molar-refractivity contribution in [2.45, 2.75) is 37.9 Å². The van der Waals surface area contributed by atoms with Crippen molar-refractivity contribution >= 4 is 32.8 Å². The van der Waals surface area contributed by atoms with Crippen LogP contribution in [0, 0.1) is 0 Å². The van der Waals surface area contributed by atoms with E-state index in [-0.39, 0.29) is 0 Å². The number of nitrogens with two attached hydrogens (primary N) is 1. The second-order valence-corrected chi connectivity index (χ2v) is 5.65. The minimum absolute atomic E-state index is 0.348. The minimum Gasteiger partial charge on any atom is -0.388 e. The van der Waals surface area contributed by atoms with Crippen molar-refractivity contribution < 1.29 is 14.9 Å². The number of ether oxygens (including phenoxy) is 1. The van der Waals surface area contributed by atoms with Gasteiger partial charge in [0.1, 0.15) is 30.0 Å². The highest BCUT2D eigenvalue weighted by Crippen LogP contribution is 2.36. The van der Waals surface area contributed by atoms with E-state index in [0.717, 1.165) is 4.47 Å². The SMILES string of the molecule is CCC1OC(n2cc(Br)c3c(N)ncnc32)C(O)C1O. The molecule has 20 heavy (non-hydrogen) atoms. The maximum absolute atomic E-state index is 10.2. The number of halogens is 1. The molecule has 2 aromatic heterocycles. The quantitative estimate of drug-likeness (QED) is 0.745. The lowest BCUT2D eigenvalue weighted by Gasteiger charge is -2.17. The Morgan fingerprint density at radius 2 is 2.15 bits per heavy atom. The predicted octanol–water partition coefficient (Wildman–Crippen LogP) is 0.805. The molecule has 1 fully saturated rings. The zero-order chi connectivity index (χ0) is 14.4. The van der Waals surface area contributed by atoms with Gasteiger partial charge in [0.05, 0.1) is 11.5 Å². The first-order valence-corrected chi connectivity index (χ1v) is 7.12. The summed E-state index contributed by atoms with van der Waals surface area (Å²) in [6, 6.07) is 0. The molecular weight excluding hydrogens is 328 g/mol. The van der Waals surface area contributed by atoms with Gasteiger partial charge < -0.3 is 25.3 Å². The molecule has 4 N–H and O–H groups in total. The van der Waals surface area contributed by atoms with Crippen LogP contribution < -0.4 is 5.73 Å². The van der Waals surface area contributed by atoms with Gasteiger partial charge in [-0.25, -0.2) is 9.97 Å². The number of nitrogen functional groups attached to an aromatic ring is 1. The number of rotatable bonds is 2. The summed E-state index contributed by atoms with van der Waals surface area (Å²) in [5.74, 6) is 0.348. The molecule has 0 aliphatic carbocycles. The average molecular weight is 343 g/mol. The number of nitrogens with zero attached hydrogens (tertiary/aromatic N) is 3. The number of aliphatic hydroxyl groups is 2. The Morgan fingerprint density at radius 3 is 2.80 bits per heavy atom. The highest BCUT2D eigenvalue weighted by Gasteiger charge is 2.43. The van der Waals surface area contributed by atoms with E-state index >= 15 is 0 Å². The van der Waals surface area contributed by atoms with Gasteiger partial charge in [-0.15, -0.1) is 0 Å². The molecule has 2 aromatic rings. The van der Waals surface area contributed by atoms with Crippen LogP contribution in [0.3, 0.4) is 0 Å². The van der Waals surface area contributed by atoms with Crippen LogP contribution in [0.1, 0.15) is 19.6 Å². The summed E-state index contributed by atoms with van der Waals surface area (Å²) in [6.45, 7) is 1.90. The van der Waals surface area contributed by atoms with Crippen molar-refractivity contribution in [2.24, 2.45) is 0 Å². The number of aliphatic hydroxyl groups excluding tert-OH is 2. The Morgan fingerprint density at radius 1 is 1.40 bits per heavy atom. The fourth-order valence-electron chi connectivity index (χ4n) is 2.55. The Balaban J connectivity index is 2.10. The first kappa shape index (κ1) is 13.7. The summed E-state index contributed by atoms with van der Waals surface area (Å²) in [4.78, 5) is 8.13. The Kier molecular flexibility index (Phi) is 3.41. The molecule has 0 saturated carbocycles. The third kappa shape index (κ3) is 1.91. The van der Waals surface area contributed by atoms with E-state index in [2.05, 4.69) is 25.9 Å². The molecule has 7 nitrogen and oxygen atoms in total. The molecule has 0 amide bonds. The van der Waals surface area contributed by atoms with Gasteiger partial charge in [-0.05, 0) is 22.4 Å². The van der Waals surface area contributed by atoms with Crippen molar-refractivity contribution in [3.8, 4) is 0 Å². The van der Waals surface area contributed by atoms with E-state index in [1.807, 2.05) is 6.92 Å². The second-order valence-electron chi connectivity index (χ2n) is 4.80. The highest BCUT2D eigenvalue weighted by molar-refractivity contribution is 9.10. The van der Waals surface area contributed by atoms with Crippen LogP contribution in [0.2, 0.25) is 0 Å². The maximum Gasteiger partial charge on any atom is 0.164 e.